The molecule has 2 rings (SSSR count). The molecule has 0 saturated carbocycles. The predicted octanol–water partition coefficient (Wildman–Crippen LogP) is 2.00. The van der Waals surface area contributed by atoms with Gasteiger partial charge in [-0.15, -0.1) is 11.3 Å². The standard InChI is InChI=1S/C19H21FN4O5S/c1-3-28-19(26)18-24-9-16(30-18)13(22)7-14(25)17(23)10-6-11(20)15(8-12(10)21)29-5-4-27-2/h6-9,23H,3-5,21-22H2,1-2H3/b13-7-,23-17?. The highest BCUT2D eigenvalue weighted by atomic mass is 32.1. The van der Waals surface area contributed by atoms with Gasteiger partial charge in [0.1, 0.15) is 12.3 Å². The van der Waals surface area contributed by atoms with Crippen molar-refractivity contribution in [3.05, 3.63) is 45.7 Å². The molecule has 1 heterocycles. The van der Waals surface area contributed by atoms with Crippen LogP contribution in [0.2, 0.25) is 0 Å². The molecule has 0 bridgehead atoms. The van der Waals surface area contributed by atoms with Crippen LogP contribution in [0.4, 0.5) is 10.1 Å². The average Bonchev–Trinajstić information content (AvgIpc) is 3.20. The lowest BCUT2D eigenvalue weighted by molar-refractivity contribution is -0.108. The van der Waals surface area contributed by atoms with Crippen LogP contribution in [-0.4, -0.2) is 49.4 Å². The van der Waals surface area contributed by atoms with E-state index in [0.717, 1.165) is 23.5 Å². The SMILES string of the molecule is CCOC(=O)c1ncc(/C(N)=C/C(=O)C(=N)c2cc(F)c(OCCOC)cc2N)s1. The van der Waals surface area contributed by atoms with Crippen LogP contribution < -0.4 is 16.2 Å². The van der Waals surface area contributed by atoms with Gasteiger partial charge in [-0.25, -0.2) is 14.2 Å². The molecule has 2 aromatic rings. The Labute approximate surface area is 176 Å². The molecule has 0 aliphatic rings. The quantitative estimate of drug-likeness (QED) is 0.168. The Morgan fingerprint density at radius 2 is 2.07 bits per heavy atom. The smallest absolute Gasteiger partial charge is 0.367 e. The van der Waals surface area contributed by atoms with E-state index in [-0.39, 0.29) is 47.5 Å². The number of nitrogens with zero attached hydrogens (tertiary/aromatic N) is 1. The zero-order valence-electron chi connectivity index (χ0n) is 16.4. The lowest BCUT2D eigenvalue weighted by Gasteiger charge is -2.11. The van der Waals surface area contributed by atoms with Crippen LogP contribution in [0.3, 0.4) is 0 Å². The van der Waals surface area contributed by atoms with Gasteiger partial charge in [-0.2, -0.15) is 0 Å². The third-order valence-electron chi connectivity index (χ3n) is 3.69. The number of nitrogen functional groups attached to an aromatic ring is 1. The lowest BCUT2D eigenvalue weighted by atomic mass is 10.0. The van der Waals surface area contributed by atoms with Gasteiger partial charge in [-0.3, -0.25) is 10.2 Å². The van der Waals surface area contributed by atoms with E-state index in [1.807, 2.05) is 0 Å². The van der Waals surface area contributed by atoms with Gasteiger partial charge >= 0.3 is 5.97 Å². The van der Waals surface area contributed by atoms with Gasteiger partial charge in [0.25, 0.3) is 0 Å². The van der Waals surface area contributed by atoms with Crippen LogP contribution in [-0.2, 0) is 14.3 Å². The molecule has 5 N–H and O–H groups in total. The normalized spacial score (nSPS) is 11.2. The number of allylic oxidation sites excluding steroid dienone is 1. The molecule has 11 heteroatoms. The van der Waals surface area contributed by atoms with Crippen molar-refractivity contribution in [2.75, 3.05) is 32.7 Å². The fraction of sp³-hybridized carbons (Fsp3) is 0.263. The van der Waals surface area contributed by atoms with E-state index >= 15 is 0 Å². The van der Waals surface area contributed by atoms with E-state index in [4.69, 9.17) is 31.1 Å². The number of hydrogen-bond donors (Lipinski definition) is 3. The molecule has 0 unspecified atom stereocenters. The van der Waals surface area contributed by atoms with Crippen molar-refractivity contribution >= 4 is 40.2 Å². The summed E-state index contributed by atoms with van der Waals surface area (Å²) in [6.45, 7) is 2.24. The van der Waals surface area contributed by atoms with Gasteiger partial charge in [0.05, 0.1) is 23.8 Å². The fourth-order valence-corrected chi connectivity index (χ4v) is 2.98. The first-order chi connectivity index (χ1) is 14.3. The number of aromatic nitrogens is 1. The lowest BCUT2D eigenvalue weighted by Crippen LogP contribution is -2.16. The molecule has 0 spiro atoms. The van der Waals surface area contributed by atoms with Crippen LogP contribution in [0.25, 0.3) is 5.70 Å². The predicted molar refractivity (Wildman–Crippen MR) is 110 cm³/mol. The zero-order chi connectivity index (χ0) is 22.3. The summed E-state index contributed by atoms with van der Waals surface area (Å²) in [6.07, 6.45) is 2.31. The number of benzene rings is 1. The zero-order valence-corrected chi connectivity index (χ0v) is 17.2. The minimum Gasteiger partial charge on any atom is -0.488 e. The second kappa shape index (κ2) is 10.5. The number of rotatable bonds is 10. The number of nitrogens with two attached hydrogens (primary N) is 2. The number of halogens is 1. The van der Waals surface area contributed by atoms with Gasteiger partial charge in [0.15, 0.2) is 11.6 Å². The van der Waals surface area contributed by atoms with Gasteiger partial charge in [0.2, 0.25) is 10.8 Å². The molecule has 1 aromatic heterocycles. The number of esters is 1. The van der Waals surface area contributed by atoms with Crippen molar-refractivity contribution in [1.29, 1.82) is 5.41 Å². The number of ketones is 1. The van der Waals surface area contributed by atoms with Crippen LogP contribution in [0.15, 0.2) is 24.4 Å². The maximum Gasteiger partial charge on any atom is 0.367 e. The fourth-order valence-electron chi connectivity index (χ4n) is 2.24. The molecule has 0 fully saturated rings. The summed E-state index contributed by atoms with van der Waals surface area (Å²) in [5.74, 6) is -2.28. The maximum atomic E-state index is 14.2. The summed E-state index contributed by atoms with van der Waals surface area (Å²) >= 11 is 0.942. The van der Waals surface area contributed by atoms with E-state index in [9.17, 15) is 14.0 Å². The molecule has 0 saturated heterocycles. The molecule has 1 aromatic carbocycles. The summed E-state index contributed by atoms with van der Waals surface area (Å²) in [7, 11) is 1.48. The Morgan fingerprint density at radius 3 is 2.73 bits per heavy atom. The van der Waals surface area contributed by atoms with Crippen LogP contribution in [0.5, 0.6) is 5.75 Å². The van der Waals surface area contributed by atoms with Crippen LogP contribution in [0, 0.1) is 11.2 Å². The summed E-state index contributed by atoms with van der Waals surface area (Å²) < 4.78 is 29.1. The minimum atomic E-state index is -0.794. The largest absolute Gasteiger partial charge is 0.488 e. The number of methoxy groups -OCH3 is 1. The number of ether oxygens (including phenoxy) is 3. The summed E-state index contributed by atoms with van der Waals surface area (Å²) in [6, 6.07) is 2.15. The second-order valence-electron chi connectivity index (χ2n) is 5.80. The minimum absolute atomic E-state index is 0.00322. The van der Waals surface area contributed by atoms with Crippen molar-refractivity contribution in [3.8, 4) is 5.75 Å². The molecule has 0 aliphatic heterocycles. The Morgan fingerprint density at radius 1 is 1.33 bits per heavy atom. The highest BCUT2D eigenvalue weighted by Gasteiger charge is 2.19. The van der Waals surface area contributed by atoms with E-state index in [1.54, 1.807) is 6.92 Å². The summed E-state index contributed by atoms with van der Waals surface area (Å²) in [5.41, 5.74) is 11.1. The number of anilines is 1. The molecule has 0 atom stereocenters. The number of hydrogen-bond acceptors (Lipinski definition) is 10. The molecule has 0 radical (unpaired) electrons. The molecule has 30 heavy (non-hydrogen) atoms. The first-order valence-electron chi connectivity index (χ1n) is 8.72. The Kier molecular flexibility index (Phi) is 8.01. The molecular weight excluding hydrogens is 415 g/mol. The number of nitrogens with one attached hydrogen (secondary N) is 1. The van der Waals surface area contributed by atoms with Crippen LogP contribution >= 0.6 is 11.3 Å². The third-order valence-corrected chi connectivity index (χ3v) is 4.72. The van der Waals surface area contributed by atoms with Gasteiger partial charge in [0, 0.05) is 36.7 Å². The van der Waals surface area contributed by atoms with E-state index in [1.165, 1.54) is 19.4 Å². The maximum absolute atomic E-state index is 14.2. The summed E-state index contributed by atoms with van der Waals surface area (Å²) in [4.78, 5) is 28.3. The highest BCUT2D eigenvalue weighted by Crippen LogP contribution is 2.25. The van der Waals surface area contributed by atoms with Crippen molar-refractivity contribution in [2.45, 2.75) is 6.92 Å². The molecule has 0 amide bonds. The Hall–Kier alpha value is -3.31. The van der Waals surface area contributed by atoms with Crippen LogP contribution in [0.1, 0.15) is 27.2 Å². The third kappa shape index (κ3) is 5.61. The number of carbonyl (C=O) groups excluding carboxylic acids is 2. The number of carbonyl (C=O) groups is 2. The van der Waals surface area contributed by atoms with E-state index in [0.29, 0.717) is 4.88 Å². The van der Waals surface area contributed by atoms with Crippen molar-refractivity contribution in [1.82, 2.24) is 4.98 Å². The second-order valence-corrected chi connectivity index (χ2v) is 6.83. The molecule has 160 valence electrons. The summed E-state index contributed by atoms with van der Waals surface area (Å²) in [5, 5.41) is 8.14. The van der Waals surface area contributed by atoms with Crippen molar-refractivity contribution in [2.24, 2.45) is 5.73 Å². The molecule has 9 nitrogen and oxygen atoms in total. The van der Waals surface area contributed by atoms with Crippen molar-refractivity contribution < 1.29 is 28.2 Å². The van der Waals surface area contributed by atoms with Gasteiger partial charge in [-0.1, -0.05) is 0 Å². The Bertz CT molecular complexity index is 989. The van der Waals surface area contributed by atoms with E-state index in [2.05, 4.69) is 4.98 Å². The van der Waals surface area contributed by atoms with Gasteiger partial charge < -0.3 is 25.7 Å². The number of thiazole rings is 1. The molecular formula is C19H21FN4O5S. The Balaban J connectivity index is 2.18. The molecule has 0 aliphatic carbocycles. The van der Waals surface area contributed by atoms with E-state index < -0.39 is 23.3 Å². The first kappa shape index (κ1) is 23.0. The average molecular weight is 436 g/mol. The van der Waals surface area contributed by atoms with Gasteiger partial charge in [-0.05, 0) is 13.0 Å². The van der Waals surface area contributed by atoms with Crippen molar-refractivity contribution in [3.63, 3.8) is 0 Å². The highest BCUT2D eigenvalue weighted by molar-refractivity contribution is 7.14. The topological polar surface area (TPSA) is 151 Å². The monoisotopic (exact) mass is 436 g/mol. The first-order valence-corrected chi connectivity index (χ1v) is 9.54.